The van der Waals surface area contributed by atoms with Crippen LogP contribution in [-0.4, -0.2) is 52.0 Å². The second kappa shape index (κ2) is 5.44. The van der Waals surface area contributed by atoms with Crippen molar-refractivity contribution in [3.05, 3.63) is 0 Å². The number of hydrogen-bond donors (Lipinski definition) is 1. The Hall–Kier alpha value is -0.170. The lowest BCUT2D eigenvalue weighted by atomic mass is 10.2. The Bertz CT molecular complexity index is 307. The molecule has 96 valence electrons. The van der Waals surface area contributed by atoms with Crippen LogP contribution in [0.1, 0.15) is 20.3 Å². The lowest BCUT2D eigenvalue weighted by Crippen LogP contribution is -2.44. The van der Waals surface area contributed by atoms with Gasteiger partial charge in [0.2, 0.25) is 0 Å². The number of rotatable bonds is 5. The van der Waals surface area contributed by atoms with Gasteiger partial charge < -0.3 is 14.8 Å². The Balaban J connectivity index is 2.29. The van der Waals surface area contributed by atoms with Gasteiger partial charge >= 0.3 is 0 Å². The normalized spacial score (nSPS) is 23.3. The minimum absolute atomic E-state index is 0.129. The molecular formula is C10H21NO4S. The zero-order valence-corrected chi connectivity index (χ0v) is 11.0. The molecule has 6 heteroatoms. The Labute approximate surface area is 97.4 Å². The number of nitrogens with one attached hydrogen (secondary N) is 1. The minimum Gasteiger partial charge on any atom is -0.355 e. The highest BCUT2D eigenvalue weighted by Gasteiger charge is 2.29. The first-order valence-corrected chi connectivity index (χ1v) is 7.32. The van der Waals surface area contributed by atoms with Crippen LogP contribution in [0.3, 0.4) is 0 Å². The van der Waals surface area contributed by atoms with Crippen molar-refractivity contribution >= 4 is 9.84 Å². The zero-order valence-electron chi connectivity index (χ0n) is 10.2. The molecule has 1 unspecified atom stereocenters. The molecule has 1 N–H and O–H groups in total. The number of hydrogen-bond acceptors (Lipinski definition) is 5. The highest BCUT2D eigenvalue weighted by molar-refractivity contribution is 7.92. The van der Waals surface area contributed by atoms with Crippen LogP contribution >= 0.6 is 0 Å². The summed E-state index contributed by atoms with van der Waals surface area (Å²) in [4.78, 5) is 0. The van der Waals surface area contributed by atoms with Crippen molar-refractivity contribution in [3.63, 3.8) is 0 Å². The molecule has 5 nitrogen and oxygen atoms in total. The highest BCUT2D eigenvalue weighted by Crippen LogP contribution is 2.13. The summed E-state index contributed by atoms with van der Waals surface area (Å²) in [5.74, 6) is 0. The third-order valence-corrected chi connectivity index (χ3v) is 5.05. The van der Waals surface area contributed by atoms with Gasteiger partial charge in [0.25, 0.3) is 0 Å². The van der Waals surface area contributed by atoms with Gasteiger partial charge in [0.15, 0.2) is 9.84 Å². The summed E-state index contributed by atoms with van der Waals surface area (Å²) in [6, 6.07) is 0. The molecule has 0 radical (unpaired) electrons. The van der Waals surface area contributed by atoms with Gasteiger partial charge in [0, 0.05) is 19.3 Å². The number of sulfone groups is 1. The lowest BCUT2D eigenvalue weighted by molar-refractivity contribution is -0.137. The van der Waals surface area contributed by atoms with Gasteiger partial charge in [-0.05, 0) is 20.3 Å². The van der Waals surface area contributed by atoms with Gasteiger partial charge in [-0.25, -0.2) is 8.42 Å². The third kappa shape index (κ3) is 4.01. The molecule has 1 aliphatic rings. The van der Waals surface area contributed by atoms with Gasteiger partial charge in [-0.1, -0.05) is 0 Å². The summed E-state index contributed by atoms with van der Waals surface area (Å²) in [6.07, 6.45) is 2.25. The predicted octanol–water partition coefficient (Wildman–Crippen LogP) is 0.162. The van der Waals surface area contributed by atoms with Crippen LogP contribution in [0.15, 0.2) is 0 Å². The van der Waals surface area contributed by atoms with E-state index in [-0.39, 0.29) is 6.10 Å². The van der Waals surface area contributed by atoms with E-state index >= 15 is 0 Å². The molecule has 0 saturated carbocycles. The Kier molecular flexibility index (Phi) is 4.73. The van der Waals surface area contributed by atoms with Crippen LogP contribution in [0.5, 0.6) is 0 Å². The quantitative estimate of drug-likeness (QED) is 0.754. The summed E-state index contributed by atoms with van der Waals surface area (Å²) in [5, 5.41) is 3.14. The monoisotopic (exact) mass is 251 g/mol. The van der Waals surface area contributed by atoms with Gasteiger partial charge in [-0.2, -0.15) is 0 Å². The third-order valence-electron chi connectivity index (χ3n) is 2.90. The lowest BCUT2D eigenvalue weighted by Gasteiger charge is -2.26. The van der Waals surface area contributed by atoms with E-state index < -0.39 is 14.6 Å². The topological polar surface area (TPSA) is 64.6 Å². The van der Waals surface area contributed by atoms with Crippen molar-refractivity contribution < 1.29 is 17.9 Å². The standard InChI is InChI=1S/C10H21NO4S/c1-10(2,16(3,12)13)7-11-6-9-4-5-14-8-15-9/h9,11H,4-8H2,1-3H3. The summed E-state index contributed by atoms with van der Waals surface area (Å²) >= 11 is 0. The van der Waals surface area contributed by atoms with Crippen LogP contribution in [0.2, 0.25) is 0 Å². The Morgan fingerprint density at radius 1 is 1.44 bits per heavy atom. The summed E-state index contributed by atoms with van der Waals surface area (Å²) < 4.78 is 32.5. The van der Waals surface area contributed by atoms with Crippen molar-refractivity contribution in [2.24, 2.45) is 0 Å². The molecule has 0 aromatic heterocycles. The molecule has 1 atom stereocenters. The fraction of sp³-hybridized carbons (Fsp3) is 1.00. The van der Waals surface area contributed by atoms with Crippen LogP contribution in [0.4, 0.5) is 0 Å². The van der Waals surface area contributed by atoms with Crippen molar-refractivity contribution in [1.82, 2.24) is 5.32 Å². The van der Waals surface area contributed by atoms with Crippen molar-refractivity contribution in [1.29, 1.82) is 0 Å². The van der Waals surface area contributed by atoms with Crippen LogP contribution < -0.4 is 5.32 Å². The van der Waals surface area contributed by atoms with E-state index in [4.69, 9.17) is 9.47 Å². The second-order valence-electron chi connectivity index (χ2n) is 4.77. The molecule has 1 saturated heterocycles. The molecule has 16 heavy (non-hydrogen) atoms. The average Bonchev–Trinajstić information content (AvgIpc) is 2.17. The fourth-order valence-corrected chi connectivity index (χ4v) is 1.69. The minimum atomic E-state index is -3.03. The molecule has 0 aromatic rings. The summed E-state index contributed by atoms with van der Waals surface area (Å²) in [7, 11) is -3.03. The molecule has 0 aliphatic carbocycles. The zero-order chi connectivity index (χ0) is 12.2. The van der Waals surface area contributed by atoms with Crippen molar-refractivity contribution in [2.75, 3.05) is 32.7 Å². The Morgan fingerprint density at radius 3 is 2.62 bits per heavy atom. The fourth-order valence-electron chi connectivity index (χ4n) is 1.33. The second-order valence-corrected chi connectivity index (χ2v) is 7.42. The van der Waals surface area contributed by atoms with Crippen LogP contribution in [0, 0.1) is 0 Å². The van der Waals surface area contributed by atoms with Gasteiger partial charge in [0.05, 0.1) is 17.5 Å². The van der Waals surface area contributed by atoms with Crippen molar-refractivity contribution in [3.8, 4) is 0 Å². The number of ether oxygens (including phenoxy) is 2. The first-order valence-electron chi connectivity index (χ1n) is 5.42. The molecule has 0 bridgehead atoms. The summed E-state index contributed by atoms with van der Waals surface area (Å²) in [6.45, 7) is 5.60. The van der Waals surface area contributed by atoms with Gasteiger partial charge in [-0.15, -0.1) is 0 Å². The smallest absolute Gasteiger partial charge is 0.153 e. The Morgan fingerprint density at radius 2 is 2.12 bits per heavy atom. The first kappa shape index (κ1) is 13.9. The molecule has 0 amide bonds. The average molecular weight is 251 g/mol. The highest BCUT2D eigenvalue weighted by atomic mass is 32.2. The van der Waals surface area contributed by atoms with Crippen LogP contribution in [0.25, 0.3) is 0 Å². The maximum atomic E-state index is 11.4. The van der Waals surface area contributed by atoms with E-state index in [1.165, 1.54) is 6.26 Å². The molecule has 1 heterocycles. The maximum Gasteiger partial charge on any atom is 0.153 e. The molecule has 1 rings (SSSR count). The summed E-state index contributed by atoms with van der Waals surface area (Å²) in [5.41, 5.74) is 0. The molecule has 0 spiro atoms. The molecule has 1 fully saturated rings. The molecule has 1 aliphatic heterocycles. The van der Waals surface area contributed by atoms with E-state index in [2.05, 4.69) is 5.32 Å². The first-order chi connectivity index (χ1) is 7.33. The molecular weight excluding hydrogens is 230 g/mol. The van der Waals surface area contributed by atoms with E-state index in [1.54, 1.807) is 13.8 Å². The SMILES string of the molecule is CC(C)(CNCC1CCOCO1)S(C)(=O)=O. The largest absolute Gasteiger partial charge is 0.355 e. The van der Waals surface area contributed by atoms with Gasteiger partial charge in [-0.3, -0.25) is 0 Å². The van der Waals surface area contributed by atoms with E-state index in [0.29, 0.717) is 26.5 Å². The van der Waals surface area contributed by atoms with Crippen molar-refractivity contribution in [2.45, 2.75) is 31.1 Å². The van der Waals surface area contributed by atoms with E-state index in [1.807, 2.05) is 0 Å². The predicted molar refractivity (Wildman–Crippen MR) is 62.1 cm³/mol. The van der Waals surface area contributed by atoms with Gasteiger partial charge in [0.1, 0.15) is 6.79 Å². The van der Waals surface area contributed by atoms with E-state index in [0.717, 1.165) is 6.42 Å². The van der Waals surface area contributed by atoms with E-state index in [9.17, 15) is 8.42 Å². The molecule has 0 aromatic carbocycles. The van der Waals surface area contributed by atoms with Crippen LogP contribution in [-0.2, 0) is 19.3 Å². The maximum absolute atomic E-state index is 11.4.